The number of fused-ring (bicyclic) bond motifs is 1. The highest BCUT2D eigenvalue weighted by Gasteiger charge is 2.15. The summed E-state index contributed by atoms with van der Waals surface area (Å²) in [6, 6.07) is 10.4. The number of ketones is 1. The largest absolute Gasteiger partial charge is 0.485 e. The monoisotopic (exact) mass is 354 g/mol. The molecule has 0 N–H and O–H groups in total. The van der Waals surface area contributed by atoms with Gasteiger partial charge in [0.15, 0.2) is 12.4 Å². The summed E-state index contributed by atoms with van der Waals surface area (Å²) in [5, 5.41) is 0.838. The van der Waals surface area contributed by atoms with Gasteiger partial charge in [0.05, 0.1) is 0 Å². The van der Waals surface area contributed by atoms with Gasteiger partial charge in [-0.1, -0.05) is 13.8 Å². The van der Waals surface area contributed by atoms with Gasteiger partial charge >= 0.3 is 5.63 Å². The molecule has 0 bridgehead atoms. The topological polar surface area (TPSA) is 56.5 Å². The molecule has 0 saturated heterocycles. The Hall–Kier alpha value is -2.95. The second-order valence-electron chi connectivity index (χ2n) is 6.46. The van der Waals surface area contributed by atoms with Crippen molar-refractivity contribution in [2.75, 3.05) is 6.61 Å². The molecule has 0 aliphatic rings. The van der Waals surface area contributed by atoms with Gasteiger partial charge in [0, 0.05) is 22.6 Å². The minimum Gasteiger partial charge on any atom is -0.485 e. The van der Waals surface area contributed by atoms with Crippen molar-refractivity contribution in [3.63, 3.8) is 0 Å². The molecule has 0 atom stereocenters. The van der Waals surface area contributed by atoms with E-state index in [2.05, 4.69) is 0 Å². The Kier molecular flexibility index (Phi) is 4.89. The maximum Gasteiger partial charge on any atom is 0.339 e. The summed E-state index contributed by atoms with van der Waals surface area (Å²) in [7, 11) is 0. The number of aryl methyl sites for hydroxylation is 1. The van der Waals surface area contributed by atoms with Crippen LogP contribution in [0.1, 0.15) is 41.3 Å². The summed E-state index contributed by atoms with van der Waals surface area (Å²) in [5.41, 5.74) is 1.99. The summed E-state index contributed by atoms with van der Waals surface area (Å²) in [5.74, 6) is -0.172. The SMILES string of the molecule is Cc1c(C(C)C)c(=O)oc2cc(OCC(=O)c3ccc(F)cc3)ccc12. The van der Waals surface area contributed by atoms with Gasteiger partial charge < -0.3 is 9.15 Å². The van der Waals surface area contributed by atoms with Crippen molar-refractivity contribution in [3.05, 3.63) is 75.4 Å². The van der Waals surface area contributed by atoms with Crippen molar-refractivity contribution in [1.82, 2.24) is 0 Å². The predicted molar refractivity (Wildman–Crippen MR) is 97.5 cm³/mol. The highest BCUT2D eigenvalue weighted by Crippen LogP contribution is 2.27. The van der Waals surface area contributed by atoms with E-state index in [-0.39, 0.29) is 23.9 Å². The first-order valence-electron chi connectivity index (χ1n) is 8.35. The van der Waals surface area contributed by atoms with Crippen LogP contribution in [0, 0.1) is 12.7 Å². The number of hydrogen-bond acceptors (Lipinski definition) is 4. The maximum atomic E-state index is 12.9. The van der Waals surface area contributed by atoms with Gasteiger partial charge in [0.2, 0.25) is 0 Å². The van der Waals surface area contributed by atoms with E-state index in [1.54, 1.807) is 12.1 Å². The summed E-state index contributed by atoms with van der Waals surface area (Å²) in [6.45, 7) is 5.60. The lowest BCUT2D eigenvalue weighted by atomic mass is 9.97. The number of carbonyl (C=O) groups excluding carboxylic acids is 1. The van der Waals surface area contributed by atoms with E-state index in [1.165, 1.54) is 24.3 Å². The Morgan fingerprint density at radius 3 is 2.50 bits per heavy atom. The molecular weight excluding hydrogens is 335 g/mol. The van der Waals surface area contributed by atoms with Crippen LogP contribution in [0.15, 0.2) is 51.7 Å². The van der Waals surface area contributed by atoms with Crippen LogP contribution in [0.25, 0.3) is 11.0 Å². The van der Waals surface area contributed by atoms with Gasteiger partial charge in [0.25, 0.3) is 0 Å². The Morgan fingerprint density at radius 1 is 1.15 bits per heavy atom. The number of Topliss-reactive ketones (excluding diaryl/α,β-unsaturated/α-hetero) is 1. The van der Waals surface area contributed by atoms with Crippen LogP contribution in [0.5, 0.6) is 5.75 Å². The van der Waals surface area contributed by atoms with Crippen LogP contribution in [0.4, 0.5) is 4.39 Å². The van der Waals surface area contributed by atoms with E-state index >= 15 is 0 Å². The number of rotatable bonds is 5. The van der Waals surface area contributed by atoms with Gasteiger partial charge in [-0.25, -0.2) is 9.18 Å². The molecule has 0 radical (unpaired) electrons. The molecule has 0 fully saturated rings. The zero-order chi connectivity index (χ0) is 18.8. The molecule has 3 aromatic rings. The van der Waals surface area contributed by atoms with E-state index in [1.807, 2.05) is 26.8 Å². The summed E-state index contributed by atoms with van der Waals surface area (Å²) >= 11 is 0. The lowest BCUT2D eigenvalue weighted by Crippen LogP contribution is -2.13. The second kappa shape index (κ2) is 7.12. The molecule has 5 heteroatoms. The molecular formula is C21H19FO4. The number of benzene rings is 2. The van der Waals surface area contributed by atoms with Crippen LogP contribution in [-0.4, -0.2) is 12.4 Å². The number of halogens is 1. The Bertz CT molecular complexity index is 1020. The van der Waals surface area contributed by atoms with Crippen LogP contribution < -0.4 is 10.4 Å². The fourth-order valence-corrected chi connectivity index (χ4v) is 2.98. The quantitative estimate of drug-likeness (QED) is 0.495. The molecule has 26 heavy (non-hydrogen) atoms. The van der Waals surface area contributed by atoms with Crippen LogP contribution in [0.3, 0.4) is 0 Å². The summed E-state index contributed by atoms with van der Waals surface area (Å²) in [6.07, 6.45) is 0. The zero-order valence-corrected chi connectivity index (χ0v) is 14.8. The van der Waals surface area contributed by atoms with Crippen molar-refractivity contribution in [2.24, 2.45) is 0 Å². The molecule has 0 unspecified atom stereocenters. The minimum atomic E-state index is -0.400. The van der Waals surface area contributed by atoms with Crippen molar-refractivity contribution in [2.45, 2.75) is 26.7 Å². The predicted octanol–water partition coefficient (Wildman–Crippen LogP) is 4.63. The van der Waals surface area contributed by atoms with Crippen molar-refractivity contribution >= 4 is 16.8 Å². The zero-order valence-electron chi connectivity index (χ0n) is 14.8. The van der Waals surface area contributed by atoms with Crippen molar-refractivity contribution in [1.29, 1.82) is 0 Å². The van der Waals surface area contributed by atoms with Crippen molar-refractivity contribution in [3.8, 4) is 5.75 Å². The first-order valence-corrected chi connectivity index (χ1v) is 8.35. The first-order chi connectivity index (χ1) is 12.4. The van der Waals surface area contributed by atoms with E-state index in [0.29, 0.717) is 22.5 Å². The molecule has 0 aliphatic carbocycles. The van der Waals surface area contributed by atoms with Gasteiger partial charge in [-0.15, -0.1) is 0 Å². The Labute approximate surface area is 150 Å². The van der Waals surface area contributed by atoms with Gasteiger partial charge in [0.1, 0.15) is 17.1 Å². The van der Waals surface area contributed by atoms with E-state index in [0.717, 1.165) is 10.9 Å². The highest BCUT2D eigenvalue weighted by molar-refractivity contribution is 5.97. The van der Waals surface area contributed by atoms with Crippen LogP contribution in [-0.2, 0) is 0 Å². The van der Waals surface area contributed by atoms with Gasteiger partial charge in [-0.3, -0.25) is 4.79 Å². The fourth-order valence-electron chi connectivity index (χ4n) is 2.98. The lowest BCUT2D eigenvalue weighted by Gasteiger charge is -2.11. The normalized spacial score (nSPS) is 11.1. The standard InChI is InChI=1S/C21H19FO4/c1-12(2)20-13(3)17-9-8-16(10-19(17)26-21(20)24)25-11-18(23)14-4-6-15(22)7-5-14/h4-10,12H,11H2,1-3H3. The van der Waals surface area contributed by atoms with E-state index < -0.39 is 5.82 Å². The molecule has 0 aliphatic heterocycles. The average molecular weight is 354 g/mol. The fraction of sp³-hybridized carbons (Fsp3) is 0.238. The second-order valence-corrected chi connectivity index (χ2v) is 6.46. The summed E-state index contributed by atoms with van der Waals surface area (Å²) in [4.78, 5) is 24.3. The van der Waals surface area contributed by atoms with E-state index in [4.69, 9.17) is 9.15 Å². The smallest absolute Gasteiger partial charge is 0.339 e. The highest BCUT2D eigenvalue weighted by atomic mass is 19.1. The molecule has 3 rings (SSSR count). The molecule has 134 valence electrons. The van der Waals surface area contributed by atoms with Crippen LogP contribution in [0.2, 0.25) is 0 Å². The number of ether oxygens (including phenoxy) is 1. The van der Waals surface area contributed by atoms with Crippen molar-refractivity contribution < 1.29 is 18.3 Å². The lowest BCUT2D eigenvalue weighted by molar-refractivity contribution is 0.0921. The maximum absolute atomic E-state index is 12.9. The van der Waals surface area contributed by atoms with Gasteiger partial charge in [-0.2, -0.15) is 0 Å². The average Bonchev–Trinajstić information content (AvgIpc) is 2.59. The molecule has 2 aromatic carbocycles. The third-order valence-electron chi connectivity index (χ3n) is 4.30. The number of hydrogen-bond donors (Lipinski definition) is 0. The van der Waals surface area contributed by atoms with Gasteiger partial charge in [-0.05, 0) is 54.8 Å². The molecule has 1 aromatic heterocycles. The third kappa shape index (κ3) is 3.52. The summed E-state index contributed by atoms with van der Waals surface area (Å²) < 4.78 is 23.8. The van der Waals surface area contributed by atoms with E-state index in [9.17, 15) is 14.0 Å². The number of carbonyl (C=O) groups is 1. The molecule has 0 spiro atoms. The minimum absolute atomic E-state index is 0.0694. The Balaban J connectivity index is 1.83. The third-order valence-corrected chi connectivity index (χ3v) is 4.30. The first kappa shape index (κ1) is 17.9. The molecule has 4 nitrogen and oxygen atoms in total. The molecule has 1 heterocycles. The van der Waals surface area contributed by atoms with Crippen LogP contribution >= 0.6 is 0 Å². The molecule has 0 amide bonds. The Morgan fingerprint density at radius 2 is 1.85 bits per heavy atom. The molecule has 0 saturated carbocycles.